The molecule has 2 aliphatic rings. The van der Waals surface area contributed by atoms with Crippen molar-refractivity contribution in [1.82, 2.24) is 15.2 Å². The van der Waals surface area contributed by atoms with Crippen molar-refractivity contribution in [2.24, 2.45) is 0 Å². The maximum Gasteiger partial charge on any atom is 0.242 e. The Balaban J connectivity index is 1.17. The first-order chi connectivity index (χ1) is 15.1. The number of hydrogen-bond acceptors (Lipinski definition) is 7. The molecular formula is C22H23FN4O3S. The van der Waals surface area contributed by atoms with Gasteiger partial charge in [0.05, 0.1) is 21.4 Å². The molecule has 2 aromatic heterocycles. The van der Waals surface area contributed by atoms with E-state index in [9.17, 15) is 14.3 Å². The molecule has 1 aromatic carbocycles. The van der Waals surface area contributed by atoms with E-state index in [1.807, 2.05) is 17.0 Å². The van der Waals surface area contributed by atoms with Gasteiger partial charge in [-0.1, -0.05) is 0 Å². The van der Waals surface area contributed by atoms with Crippen molar-refractivity contribution in [3.05, 3.63) is 53.3 Å². The van der Waals surface area contributed by atoms with Gasteiger partial charge in [0.15, 0.2) is 0 Å². The SMILES string of the molecule is O=C(Nc1ccc(C(O)N2CC(Oc3ccnc4ccc(F)cc34)C2)s1)[C@@H]1CCCN1. The Bertz CT molecular complexity index is 1100. The van der Waals surface area contributed by atoms with Crippen LogP contribution < -0.4 is 15.4 Å². The quantitative estimate of drug-likeness (QED) is 0.544. The number of fused-ring (bicyclic) bond motifs is 1. The van der Waals surface area contributed by atoms with Crippen LogP contribution in [0.25, 0.3) is 10.9 Å². The lowest BCUT2D eigenvalue weighted by atomic mass is 10.1. The highest BCUT2D eigenvalue weighted by atomic mass is 32.1. The molecule has 0 saturated carbocycles. The van der Waals surface area contributed by atoms with Crippen molar-refractivity contribution in [2.45, 2.75) is 31.2 Å². The summed E-state index contributed by atoms with van der Waals surface area (Å²) in [6.07, 6.45) is 2.64. The highest BCUT2D eigenvalue weighted by Gasteiger charge is 2.35. The van der Waals surface area contributed by atoms with Crippen molar-refractivity contribution >= 4 is 33.1 Å². The maximum atomic E-state index is 13.6. The van der Waals surface area contributed by atoms with Gasteiger partial charge in [-0.05, 0) is 55.8 Å². The Labute approximate surface area is 182 Å². The number of likely N-dealkylation sites (tertiary alicyclic amines) is 1. The molecule has 7 nitrogen and oxygen atoms in total. The van der Waals surface area contributed by atoms with E-state index >= 15 is 0 Å². The van der Waals surface area contributed by atoms with E-state index in [0.717, 1.165) is 29.3 Å². The van der Waals surface area contributed by atoms with Crippen LogP contribution in [0.15, 0.2) is 42.6 Å². The molecule has 9 heteroatoms. The monoisotopic (exact) mass is 442 g/mol. The molecule has 3 aromatic rings. The second-order valence-corrected chi connectivity index (χ2v) is 8.99. The molecule has 5 rings (SSSR count). The van der Waals surface area contributed by atoms with Gasteiger partial charge in [-0.3, -0.25) is 14.7 Å². The zero-order valence-electron chi connectivity index (χ0n) is 16.8. The molecule has 0 radical (unpaired) electrons. The number of nitrogens with one attached hydrogen (secondary N) is 2. The largest absolute Gasteiger partial charge is 0.487 e. The Hall–Kier alpha value is -2.59. The number of carbonyl (C=O) groups is 1. The van der Waals surface area contributed by atoms with E-state index in [4.69, 9.17) is 4.74 Å². The molecule has 0 aliphatic carbocycles. The molecule has 2 aliphatic heterocycles. The minimum absolute atomic E-state index is 0.0289. The topological polar surface area (TPSA) is 86.7 Å². The van der Waals surface area contributed by atoms with Gasteiger partial charge in [0.2, 0.25) is 5.91 Å². The minimum atomic E-state index is -0.758. The molecule has 2 saturated heterocycles. The third-order valence-corrected chi connectivity index (χ3v) is 6.72. The van der Waals surface area contributed by atoms with Crippen LogP contribution in [0.4, 0.5) is 9.39 Å². The van der Waals surface area contributed by atoms with Crippen LogP contribution >= 0.6 is 11.3 Å². The predicted molar refractivity (Wildman–Crippen MR) is 117 cm³/mol. The molecule has 3 N–H and O–H groups in total. The third-order valence-electron chi connectivity index (χ3n) is 5.68. The van der Waals surface area contributed by atoms with Crippen molar-refractivity contribution in [3.8, 4) is 5.75 Å². The molecule has 2 atom stereocenters. The summed E-state index contributed by atoms with van der Waals surface area (Å²) in [6, 6.07) is 9.68. The normalized spacial score (nSPS) is 20.5. The Morgan fingerprint density at radius 3 is 3.00 bits per heavy atom. The number of pyridine rings is 1. The van der Waals surface area contributed by atoms with E-state index in [1.54, 1.807) is 18.3 Å². The highest BCUT2D eigenvalue weighted by Crippen LogP contribution is 2.34. The van der Waals surface area contributed by atoms with E-state index < -0.39 is 6.23 Å². The lowest BCUT2D eigenvalue weighted by Crippen LogP contribution is -2.54. The van der Waals surface area contributed by atoms with Gasteiger partial charge >= 0.3 is 0 Å². The summed E-state index contributed by atoms with van der Waals surface area (Å²) in [5.41, 5.74) is 0.677. The van der Waals surface area contributed by atoms with Gasteiger partial charge in [0, 0.05) is 24.7 Å². The van der Waals surface area contributed by atoms with Crippen LogP contribution in [-0.2, 0) is 4.79 Å². The van der Waals surface area contributed by atoms with Crippen molar-refractivity contribution in [3.63, 3.8) is 0 Å². The number of anilines is 1. The average molecular weight is 443 g/mol. The van der Waals surface area contributed by atoms with Gasteiger partial charge < -0.3 is 20.5 Å². The summed E-state index contributed by atoms with van der Waals surface area (Å²) < 4.78 is 19.7. The summed E-state index contributed by atoms with van der Waals surface area (Å²) in [6.45, 7) is 1.96. The number of thiophene rings is 1. The number of halogens is 1. The average Bonchev–Trinajstić information content (AvgIpc) is 3.42. The number of aromatic nitrogens is 1. The van der Waals surface area contributed by atoms with E-state index in [-0.39, 0.29) is 23.9 Å². The van der Waals surface area contributed by atoms with Crippen LogP contribution in [0.1, 0.15) is 23.9 Å². The molecule has 0 spiro atoms. The first kappa shape index (κ1) is 20.3. The van der Waals surface area contributed by atoms with Crippen molar-refractivity contribution in [2.75, 3.05) is 25.0 Å². The summed E-state index contributed by atoms with van der Waals surface area (Å²) in [5.74, 6) is 0.226. The summed E-state index contributed by atoms with van der Waals surface area (Å²) in [5, 5.41) is 18.2. The second kappa shape index (κ2) is 8.51. The maximum absolute atomic E-state index is 13.6. The summed E-state index contributed by atoms with van der Waals surface area (Å²) in [4.78, 5) is 19.1. The molecule has 2 fully saturated rings. The Kier molecular flexibility index (Phi) is 5.58. The third kappa shape index (κ3) is 4.27. The zero-order valence-corrected chi connectivity index (χ0v) is 17.6. The summed E-state index contributed by atoms with van der Waals surface area (Å²) in [7, 11) is 0. The smallest absolute Gasteiger partial charge is 0.242 e. The standard InChI is InChI=1S/C22H23FN4O3S/c23-13-3-4-16-15(10-13)18(7-9-25-16)30-14-11-27(12-14)22(29)19-5-6-20(31-19)26-21(28)17-2-1-8-24-17/h3-7,9-10,14,17,22,24,29H,1-2,8,11-12H2,(H,26,28)/t17-,22?/m0/s1. The lowest BCUT2D eigenvalue weighted by Gasteiger charge is -2.41. The Morgan fingerprint density at radius 1 is 1.32 bits per heavy atom. The van der Waals surface area contributed by atoms with E-state index in [0.29, 0.717) is 29.7 Å². The van der Waals surface area contributed by atoms with Gasteiger partial charge in [0.25, 0.3) is 0 Å². The highest BCUT2D eigenvalue weighted by molar-refractivity contribution is 7.16. The molecule has 162 valence electrons. The van der Waals surface area contributed by atoms with Gasteiger partial charge in [-0.25, -0.2) is 4.39 Å². The Morgan fingerprint density at radius 2 is 2.19 bits per heavy atom. The first-order valence-corrected chi connectivity index (χ1v) is 11.2. The first-order valence-electron chi connectivity index (χ1n) is 10.3. The fraction of sp³-hybridized carbons (Fsp3) is 0.364. The van der Waals surface area contributed by atoms with Crippen LogP contribution in [0.2, 0.25) is 0 Å². The fourth-order valence-electron chi connectivity index (χ4n) is 3.98. The zero-order chi connectivity index (χ0) is 21.4. The van der Waals surface area contributed by atoms with Gasteiger partial charge in [0.1, 0.15) is 23.9 Å². The second-order valence-electron chi connectivity index (χ2n) is 7.88. The molecular weight excluding hydrogens is 419 g/mol. The predicted octanol–water partition coefficient (Wildman–Crippen LogP) is 2.88. The molecule has 4 heterocycles. The van der Waals surface area contributed by atoms with Crippen LogP contribution in [0, 0.1) is 5.82 Å². The number of ether oxygens (including phenoxy) is 1. The summed E-state index contributed by atoms with van der Waals surface area (Å²) >= 11 is 1.37. The van der Waals surface area contributed by atoms with Crippen molar-refractivity contribution < 1.29 is 19.0 Å². The fourth-order valence-corrected chi connectivity index (χ4v) is 4.91. The molecule has 1 unspecified atom stereocenters. The molecule has 1 amide bonds. The number of rotatable bonds is 6. The minimum Gasteiger partial charge on any atom is -0.487 e. The number of aliphatic hydroxyl groups excluding tert-OH is 1. The van der Waals surface area contributed by atoms with Crippen LogP contribution in [-0.4, -0.2) is 52.7 Å². The van der Waals surface area contributed by atoms with E-state index in [2.05, 4.69) is 15.6 Å². The van der Waals surface area contributed by atoms with E-state index in [1.165, 1.54) is 23.5 Å². The number of hydrogen-bond donors (Lipinski definition) is 3. The molecule has 31 heavy (non-hydrogen) atoms. The van der Waals surface area contributed by atoms with Crippen molar-refractivity contribution in [1.29, 1.82) is 0 Å². The lowest BCUT2D eigenvalue weighted by molar-refractivity contribution is -0.117. The van der Waals surface area contributed by atoms with Gasteiger partial charge in [-0.2, -0.15) is 0 Å². The number of carbonyl (C=O) groups excluding carboxylic acids is 1. The number of benzene rings is 1. The molecule has 0 bridgehead atoms. The number of nitrogens with zero attached hydrogens (tertiary/aromatic N) is 2. The van der Waals surface area contributed by atoms with Crippen LogP contribution in [0.3, 0.4) is 0 Å². The number of aliphatic hydroxyl groups is 1. The van der Waals surface area contributed by atoms with Gasteiger partial charge in [-0.15, -0.1) is 11.3 Å². The number of amides is 1. The van der Waals surface area contributed by atoms with Crippen LogP contribution in [0.5, 0.6) is 5.75 Å².